The third-order valence-electron chi connectivity index (χ3n) is 3.61. The van der Waals surface area contributed by atoms with E-state index in [4.69, 9.17) is 9.47 Å². The smallest absolute Gasteiger partial charge is 0.137 e. The monoisotopic (exact) mass is 333 g/mol. The number of hydrogen-bond donors (Lipinski definition) is 1. The number of aliphatic hydroxyl groups is 1. The van der Waals surface area contributed by atoms with Crippen molar-refractivity contribution in [2.75, 3.05) is 13.2 Å². The van der Waals surface area contributed by atoms with Gasteiger partial charge in [-0.1, -0.05) is 13.8 Å². The lowest BCUT2D eigenvalue weighted by Gasteiger charge is -2.14. The van der Waals surface area contributed by atoms with Gasteiger partial charge in [-0.15, -0.1) is 0 Å². The summed E-state index contributed by atoms with van der Waals surface area (Å²) in [7, 11) is 0. The summed E-state index contributed by atoms with van der Waals surface area (Å²) in [5, 5.41) is 13.9. The molecule has 0 bridgehead atoms. The van der Waals surface area contributed by atoms with E-state index in [1.165, 1.54) is 6.33 Å². The zero-order chi connectivity index (χ0) is 17.2. The van der Waals surface area contributed by atoms with Crippen LogP contribution in [0.25, 0.3) is 0 Å². The van der Waals surface area contributed by atoms with Crippen molar-refractivity contribution in [2.24, 2.45) is 5.92 Å². The third kappa shape index (κ3) is 7.00. The quantitative estimate of drug-likeness (QED) is 0.640. The summed E-state index contributed by atoms with van der Waals surface area (Å²) in [5.74, 6) is 2.15. The summed E-state index contributed by atoms with van der Waals surface area (Å²) in [6.45, 7) is 6.03. The molecule has 1 heterocycles. The molecule has 0 aliphatic carbocycles. The second-order valence-corrected chi connectivity index (χ2v) is 6.27. The second-order valence-electron chi connectivity index (χ2n) is 6.27. The maximum Gasteiger partial charge on any atom is 0.137 e. The molecule has 24 heavy (non-hydrogen) atoms. The molecule has 0 amide bonds. The van der Waals surface area contributed by atoms with Gasteiger partial charge in [0, 0.05) is 13.0 Å². The molecule has 6 nitrogen and oxygen atoms in total. The standard InChI is InChI=1S/C18H27N3O3/c1-15(2)4-5-16(22)12-24-18-8-6-17(7-9-18)23-11-3-10-21-14-19-13-20-21/h6-9,13-16,22H,3-5,10-12H2,1-2H3. The first-order chi connectivity index (χ1) is 11.6. The summed E-state index contributed by atoms with van der Waals surface area (Å²) < 4.78 is 13.1. The van der Waals surface area contributed by atoms with Crippen LogP contribution in [0.1, 0.15) is 33.1 Å². The van der Waals surface area contributed by atoms with E-state index >= 15 is 0 Å². The molecule has 2 rings (SSSR count). The first-order valence-electron chi connectivity index (χ1n) is 8.49. The van der Waals surface area contributed by atoms with Crippen molar-refractivity contribution in [3.63, 3.8) is 0 Å². The van der Waals surface area contributed by atoms with Crippen molar-refractivity contribution in [1.82, 2.24) is 14.8 Å². The summed E-state index contributed by atoms with van der Waals surface area (Å²) in [5.41, 5.74) is 0. The van der Waals surface area contributed by atoms with Crippen molar-refractivity contribution < 1.29 is 14.6 Å². The number of ether oxygens (including phenoxy) is 2. The minimum atomic E-state index is -0.417. The predicted molar refractivity (Wildman–Crippen MR) is 92.1 cm³/mol. The summed E-state index contributed by atoms with van der Waals surface area (Å²) in [6.07, 6.45) is 5.45. The van der Waals surface area contributed by atoms with Crippen LogP contribution in [-0.4, -0.2) is 39.2 Å². The summed E-state index contributed by atoms with van der Waals surface area (Å²) in [6, 6.07) is 7.49. The molecule has 132 valence electrons. The van der Waals surface area contributed by atoms with Crippen molar-refractivity contribution in [2.45, 2.75) is 45.8 Å². The highest BCUT2D eigenvalue weighted by Gasteiger charge is 2.07. The van der Waals surface area contributed by atoms with Crippen LogP contribution in [0.4, 0.5) is 0 Å². The minimum Gasteiger partial charge on any atom is -0.494 e. The van der Waals surface area contributed by atoms with Crippen LogP contribution in [-0.2, 0) is 6.54 Å². The van der Waals surface area contributed by atoms with E-state index in [2.05, 4.69) is 23.9 Å². The van der Waals surface area contributed by atoms with Crippen molar-refractivity contribution >= 4 is 0 Å². The molecule has 0 aliphatic heterocycles. The Balaban J connectivity index is 1.63. The average molecular weight is 333 g/mol. The van der Waals surface area contributed by atoms with Gasteiger partial charge >= 0.3 is 0 Å². The molecule has 0 radical (unpaired) electrons. The maximum absolute atomic E-state index is 9.87. The van der Waals surface area contributed by atoms with Gasteiger partial charge in [0.1, 0.15) is 30.8 Å². The van der Waals surface area contributed by atoms with E-state index in [9.17, 15) is 5.11 Å². The zero-order valence-corrected chi connectivity index (χ0v) is 14.5. The SMILES string of the molecule is CC(C)CCC(O)COc1ccc(OCCCn2cncn2)cc1. The second kappa shape index (κ2) is 9.93. The lowest BCUT2D eigenvalue weighted by molar-refractivity contribution is 0.0950. The number of aromatic nitrogens is 3. The Hall–Kier alpha value is -2.08. The van der Waals surface area contributed by atoms with Crippen molar-refractivity contribution in [3.05, 3.63) is 36.9 Å². The van der Waals surface area contributed by atoms with E-state index in [-0.39, 0.29) is 0 Å². The van der Waals surface area contributed by atoms with Crippen molar-refractivity contribution in [1.29, 1.82) is 0 Å². The van der Waals surface area contributed by atoms with Crippen LogP contribution in [0.2, 0.25) is 0 Å². The third-order valence-corrected chi connectivity index (χ3v) is 3.61. The Morgan fingerprint density at radius 2 is 1.79 bits per heavy atom. The van der Waals surface area contributed by atoms with Gasteiger partial charge in [-0.25, -0.2) is 4.98 Å². The fourth-order valence-electron chi connectivity index (χ4n) is 2.20. The molecule has 1 N–H and O–H groups in total. The van der Waals surface area contributed by atoms with Gasteiger partial charge in [-0.3, -0.25) is 4.68 Å². The largest absolute Gasteiger partial charge is 0.494 e. The van der Waals surface area contributed by atoms with Gasteiger partial charge in [0.2, 0.25) is 0 Å². The van der Waals surface area contributed by atoms with Gasteiger partial charge in [-0.2, -0.15) is 5.10 Å². The van der Waals surface area contributed by atoms with Crippen molar-refractivity contribution in [3.8, 4) is 11.5 Å². The van der Waals surface area contributed by atoms with Crippen LogP contribution >= 0.6 is 0 Å². The van der Waals surface area contributed by atoms with Gasteiger partial charge in [-0.05, 0) is 43.0 Å². The van der Waals surface area contributed by atoms with Gasteiger partial charge in [0.25, 0.3) is 0 Å². The van der Waals surface area contributed by atoms with Crippen LogP contribution in [0, 0.1) is 5.92 Å². The molecule has 0 saturated heterocycles. The Kier molecular flexibility index (Phi) is 7.55. The number of aliphatic hydroxyl groups excluding tert-OH is 1. The Morgan fingerprint density at radius 1 is 1.08 bits per heavy atom. The van der Waals surface area contributed by atoms with Gasteiger partial charge in [0.15, 0.2) is 0 Å². The summed E-state index contributed by atoms with van der Waals surface area (Å²) >= 11 is 0. The maximum atomic E-state index is 9.87. The number of benzene rings is 1. The molecule has 1 atom stereocenters. The highest BCUT2D eigenvalue weighted by molar-refractivity contribution is 5.31. The lowest BCUT2D eigenvalue weighted by Crippen LogP contribution is -2.18. The minimum absolute atomic E-state index is 0.324. The Morgan fingerprint density at radius 3 is 2.42 bits per heavy atom. The number of nitrogens with zero attached hydrogens (tertiary/aromatic N) is 3. The number of aryl methyl sites for hydroxylation is 1. The van der Waals surface area contributed by atoms with E-state index in [0.29, 0.717) is 19.1 Å². The highest BCUT2D eigenvalue weighted by atomic mass is 16.5. The molecular formula is C18H27N3O3. The van der Waals surface area contributed by atoms with E-state index in [1.807, 2.05) is 24.3 Å². The molecule has 1 unspecified atom stereocenters. The zero-order valence-electron chi connectivity index (χ0n) is 14.5. The number of hydrogen-bond acceptors (Lipinski definition) is 5. The molecule has 1 aromatic heterocycles. The molecule has 0 fully saturated rings. The Bertz CT molecular complexity index is 555. The molecule has 0 saturated carbocycles. The van der Waals surface area contributed by atoms with Crippen LogP contribution < -0.4 is 9.47 Å². The van der Waals surface area contributed by atoms with Crippen LogP contribution in [0.15, 0.2) is 36.9 Å². The molecule has 2 aromatic rings. The molecule has 6 heteroatoms. The molecule has 0 aliphatic rings. The average Bonchev–Trinajstić information content (AvgIpc) is 3.09. The normalized spacial score (nSPS) is 12.3. The fourth-order valence-corrected chi connectivity index (χ4v) is 2.20. The first-order valence-corrected chi connectivity index (χ1v) is 8.49. The fraction of sp³-hybridized carbons (Fsp3) is 0.556. The van der Waals surface area contributed by atoms with Gasteiger partial charge < -0.3 is 14.6 Å². The summed E-state index contributed by atoms with van der Waals surface area (Å²) in [4.78, 5) is 3.90. The molecule has 0 spiro atoms. The Labute approximate surface area is 143 Å². The first kappa shape index (κ1) is 18.3. The van der Waals surface area contributed by atoms with E-state index < -0.39 is 6.10 Å². The highest BCUT2D eigenvalue weighted by Crippen LogP contribution is 2.18. The lowest BCUT2D eigenvalue weighted by atomic mass is 10.1. The van der Waals surface area contributed by atoms with Gasteiger partial charge in [0.05, 0.1) is 12.7 Å². The van der Waals surface area contributed by atoms with E-state index in [0.717, 1.165) is 37.3 Å². The van der Waals surface area contributed by atoms with E-state index in [1.54, 1.807) is 11.0 Å². The van der Waals surface area contributed by atoms with Crippen LogP contribution in [0.5, 0.6) is 11.5 Å². The number of rotatable bonds is 11. The molecular weight excluding hydrogens is 306 g/mol. The molecule has 1 aromatic carbocycles. The van der Waals surface area contributed by atoms with Crippen LogP contribution in [0.3, 0.4) is 0 Å². The predicted octanol–water partition coefficient (Wildman–Crippen LogP) is 2.92. The topological polar surface area (TPSA) is 69.4 Å².